The second-order valence-electron chi connectivity index (χ2n) is 1.09. The SMILES string of the molecule is O=c1ncnc(Cl)[nH]1.[H-].[Li+]. The minimum Gasteiger partial charge on any atom is -1.00 e. The summed E-state index contributed by atoms with van der Waals surface area (Å²) in [5, 5.41) is 0.0602. The van der Waals surface area contributed by atoms with Crippen LogP contribution in [0.3, 0.4) is 0 Å². The first-order valence-corrected chi connectivity index (χ1v) is 2.23. The van der Waals surface area contributed by atoms with E-state index in [2.05, 4.69) is 15.0 Å². The van der Waals surface area contributed by atoms with Gasteiger partial charge in [0, 0.05) is 0 Å². The number of aromatic amines is 1. The molecule has 0 bridgehead atoms. The van der Waals surface area contributed by atoms with Crippen molar-refractivity contribution < 1.29 is 20.3 Å². The van der Waals surface area contributed by atoms with E-state index in [-0.39, 0.29) is 25.6 Å². The van der Waals surface area contributed by atoms with Crippen molar-refractivity contribution >= 4 is 11.6 Å². The number of rotatable bonds is 0. The molecular weight excluding hydrogens is 136 g/mol. The van der Waals surface area contributed by atoms with Crippen molar-refractivity contribution in [3.8, 4) is 0 Å². The van der Waals surface area contributed by atoms with Crippen molar-refractivity contribution in [1.29, 1.82) is 0 Å². The number of hydrogen-bond donors (Lipinski definition) is 1. The Labute approximate surface area is 69.3 Å². The summed E-state index contributed by atoms with van der Waals surface area (Å²) in [5.74, 6) is 0. The molecule has 0 radical (unpaired) electrons. The minimum absolute atomic E-state index is 0. The Balaban J connectivity index is 0. The predicted molar refractivity (Wildman–Crippen MR) is 28.8 cm³/mol. The summed E-state index contributed by atoms with van der Waals surface area (Å²) in [4.78, 5) is 19.0. The van der Waals surface area contributed by atoms with Crippen molar-refractivity contribution in [1.82, 2.24) is 15.0 Å². The summed E-state index contributed by atoms with van der Waals surface area (Å²) in [5.41, 5.74) is -0.481. The monoisotopic (exact) mass is 139 g/mol. The molecule has 9 heavy (non-hydrogen) atoms. The van der Waals surface area contributed by atoms with Crippen LogP contribution in [0.2, 0.25) is 5.28 Å². The maximum Gasteiger partial charge on any atom is 1.00 e. The number of hydrogen-bond acceptors (Lipinski definition) is 3. The van der Waals surface area contributed by atoms with Gasteiger partial charge in [-0.05, 0) is 11.6 Å². The molecular formula is C3H3ClLiN3O. The van der Waals surface area contributed by atoms with E-state index in [4.69, 9.17) is 11.6 Å². The van der Waals surface area contributed by atoms with Gasteiger partial charge in [-0.2, -0.15) is 4.98 Å². The van der Waals surface area contributed by atoms with Crippen LogP contribution in [0.15, 0.2) is 11.1 Å². The molecule has 4 nitrogen and oxygen atoms in total. The fourth-order valence-electron chi connectivity index (χ4n) is 0.285. The van der Waals surface area contributed by atoms with Gasteiger partial charge in [-0.15, -0.1) is 0 Å². The maximum absolute atomic E-state index is 10.2. The molecule has 0 saturated carbocycles. The molecule has 1 N–H and O–H groups in total. The molecule has 0 aliphatic carbocycles. The molecule has 1 aromatic heterocycles. The molecule has 0 aliphatic heterocycles. The van der Waals surface area contributed by atoms with E-state index in [0.717, 1.165) is 6.33 Å². The summed E-state index contributed by atoms with van der Waals surface area (Å²) in [6.45, 7) is 0. The Bertz CT molecular complexity index is 241. The molecule has 0 amide bonds. The fraction of sp³-hybridized carbons (Fsp3) is 0. The van der Waals surface area contributed by atoms with Crippen molar-refractivity contribution in [2.45, 2.75) is 0 Å². The van der Waals surface area contributed by atoms with Crippen molar-refractivity contribution in [2.75, 3.05) is 0 Å². The smallest absolute Gasteiger partial charge is 1.00 e. The normalized spacial score (nSPS) is 8.11. The van der Waals surface area contributed by atoms with E-state index < -0.39 is 5.69 Å². The number of halogens is 1. The first kappa shape index (κ1) is 8.70. The summed E-state index contributed by atoms with van der Waals surface area (Å²) in [6.07, 6.45) is 1.10. The molecule has 44 valence electrons. The molecule has 0 aromatic carbocycles. The van der Waals surface area contributed by atoms with Crippen LogP contribution in [0.25, 0.3) is 0 Å². The summed E-state index contributed by atoms with van der Waals surface area (Å²) >= 11 is 5.24. The molecule has 1 heterocycles. The second-order valence-corrected chi connectivity index (χ2v) is 1.45. The minimum atomic E-state index is -0.481. The van der Waals surface area contributed by atoms with Crippen LogP contribution in [-0.2, 0) is 0 Å². The van der Waals surface area contributed by atoms with Crippen LogP contribution in [0.4, 0.5) is 0 Å². The number of aromatic nitrogens is 3. The Kier molecular flexibility index (Phi) is 3.55. The molecule has 6 heteroatoms. The Morgan fingerprint density at radius 3 is 2.67 bits per heavy atom. The van der Waals surface area contributed by atoms with E-state index >= 15 is 0 Å². The Hall–Kier alpha value is -0.303. The summed E-state index contributed by atoms with van der Waals surface area (Å²) < 4.78 is 0. The van der Waals surface area contributed by atoms with Gasteiger partial charge in [0.15, 0.2) is 0 Å². The van der Waals surface area contributed by atoms with Gasteiger partial charge in [0.25, 0.3) is 0 Å². The molecule has 0 spiro atoms. The van der Waals surface area contributed by atoms with Crippen LogP contribution >= 0.6 is 11.6 Å². The molecule has 0 aliphatic rings. The topological polar surface area (TPSA) is 58.6 Å². The van der Waals surface area contributed by atoms with Gasteiger partial charge in [0.05, 0.1) is 0 Å². The van der Waals surface area contributed by atoms with Crippen LogP contribution in [0.5, 0.6) is 0 Å². The average molecular weight is 139 g/mol. The molecule has 0 saturated heterocycles. The first-order chi connectivity index (χ1) is 3.79. The van der Waals surface area contributed by atoms with E-state index in [1.807, 2.05) is 0 Å². The zero-order valence-corrected chi connectivity index (χ0v) is 5.51. The van der Waals surface area contributed by atoms with Crippen LogP contribution in [0.1, 0.15) is 1.43 Å². The standard InChI is InChI=1S/C3H2ClN3O.Li.H/c4-2-5-1-6-3(8)7-2;;/h1H,(H,5,6,7,8);;/q;+1;-1. The third-order valence-electron chi connectivity index (χ3n) is 0.556. The van der Waals surface area contributed by atoms with E-state index in [1.54, 1.807) is 0 Å². The third kappa shape index (κ3) is 2.66. The van der Waals surface area contributed by atoms with Crippen LogP contribution < -0.4 is 24.6 Å². The molecule has 0 fully saturated rings. The number of nitrogens with zero attached hydrogens (tertiary/aromatic N) is 2. The van der Waals surface area contributed by atoms with Gasteiger partial charge in [0.2, 0.25) is 5.28 Å². The number of H-pyrrole nitrogens is 1. The van der Waals surface area contributed by atoms with Crippen LogP contribution in [-0.4, -0.2) is 15.0 Å². The summed E-state index contributed by atoms with van der Waals surface area (Å²) in [7, 11) is 0. The third-order valence-corrected chi connectivity index (χ3v) is 0.748. The zero-order valence-electron chi connectivity index (χ0n) is 5.76. The van der Waals surface area contributed by atoms with Gasteiger partial charge in [0.1, 0.15) is 6.33 Å². The van der Waals surface area contributed by atoms with Gasteiger partial charge in [-0.25, -0.2) is 9.78 Å². The Morgan fingerprint density at radius 1 is 1.67 bits per heavy atom. The number of nitrogens with one attached hydrogen (secondary N) is 1. The zero-order chi connectivity index (χ0) is 5.98. The average Bonchev–Trinajstić information content (AvgIpc) is 1.64. The molecule has 0 atom stereocenters. The predicted octanol–water partition coefficient (Wildman–Crippen LogP) is -3.07. The van der Waals surface area contributed by atoms with Gasteiger partial charge >= 0.3 is 24.6 Å². The van der Waals surface area contributed by atoms with Gasteiger partial charge in [-0.3, -0.25) is 4.98 Å². The summed E-state index contributed by atoms with van der Waals surface area (Å²) in [6, 6.07) is 0. The van der Waals surface area contributed by atoms with E-state index in [9.17, 15) is 4.79 Å². The van der Waals surface area contributed by atoms with Crippen LogP contribution in [0, 0.1) is 0 Å². The first-order valence-electron chi connectivity index (χ1n) is 1.86. The van der Waals surface area contributed by atoms with E-state index in [1.165, 1.54) is 0 Å². The van der Waals surface area contributed by atoms with Gasteiger partial charge in [-0.1, -0.05) is 0 Å². The molecule has 1 aromatic rings. The van der Waals surface area contributed by atoms with E-state index in [0.29, 0.717) is 0 Å². The second kappa shape index (κ2) is 3.67. The van der Waals surface area contributed by atoms with Gasteiger partial charge < -0.3 is 1.43 Å². The molecule has 1 rings (SSSR count). The van der Waals surface area contributed by atoms with Crippen molar-refractivity contribution in [3.05, 3.63) is 22.1 Å². The van der Waals surface area contributed by atoms with Crippen molar-refractivity contribution in [3.63, 3.8) is 0 Å². The quantitative estimate of drug-likeness (QED) is 0.388. The largest absolute Gasteiger partial charge is 1.00 e. The fourth-order valence-corrected chi connectivity index (χ4v) is 0.409. The maximum atomic E-state index is 10.2. The van der Waals surface area contributed by atoms with Crippen molar-refractivity contribution in [2.24, 2.45) is 0 Å². The molecule has 0 unspecified atom stereocenters. The Morgan fingerprint density at radius 2 is 2.33 bits per heavy atom.